The van der Waals surface area contributed by atoms with Gasteiger partial charge in [-0.25, -0.2) is 13.1 Å². The molecular formula is C20H31N5O4S. The van der Waals surface area contributed by atoms with Crippen molar-refractivity contribution in [2.45, 2.75) is 39.4 Å². The molecule has 1 N–H and O–H groups in total. The van der Waals surface area contributed by atoms with E-state index in [-0.39, 0.29) is 5.92 Å². The summed E-state index contributed by atoms with van der Waals surface area (Å²) in [7, 11) is -0.0765. The quantitative estimate of drug-likeness (QED) is 0.670. The van der Waals surface area contributed by atoms with Gasteiger partial charge >= 0.3 is 0 Å². The van der Waals surface area contributed by atoms with Crippen molar-refractivity contribution < 1.29 is 17.9 Å². The van der Waals surface area contributed by atoms with Crippen LogP contribution in [0, 0.1) is 5.92 Å². The zero-order valence-corrected chi connectivity index (χ0v) is 19.1. The first-order valence-corrected chi connectivity index (χ1v) is 11.9. The Morgan fingerprint density at radius 3 is 2.53 bits per heavy atom. The Hall–Kier alpha value is -2.17. The summed E-state index contributed by atoms with van der Waals surface area (Å²) in [5, 5.41) is 8.69. The number of nitrogens with one attached hydrogen (secondary N) is 1. The van der Waals surface area contributed by atoms with Gasteiger partial charge in [-0.1, -0.05) is 26.0 Å². The van der Waals surface area contributed by atoms with Crippen molar-refractivity contribution in [1.29, 1.82) is 0 Å². The number of para-hydroxylation sites is 1. The average molecular weight is 438 g/mol. The number of hydrogen-bond acceptors (Lipinski definition) is 7. The van der Waals surface area contributed by atoms with Gasteiger partial charge in [-0.15, -0.1) is 10.2 Å². The molecule has 0 aliphatic carbocycles. The average Bonchev–Trinajstić information content (AvgIpc) is 2.98. The summed E-state index contributed by atoms with van der Waals surface area (Å²) in [6, 6.07) is 5.49. The van der Waals surface area contributed by atoms with E-state index < -0.39 is 16.1 Å². The van der Waals surface area contributed by atoms with Crippen LogP contribution in [0.4, 0.5) is 0 Å². The molecule has 0 saturated heterocycles. The van der Waals surface area contributed by atoms with Crippen LogP contribution in [0.3, 0.4) is 0 Å². The second-order valence-electron chi connectivity index (χ2n) is 7.92. The van der Waals surface area contributed by atoms with Gasteiger partial charge in [-0.05, 0) is 12.0 Å². The first-order valence-electron chi connectivity index (χ1n) is 10.0. The molecule has 0 unspecified atom stereocenters. The fraction of sp³-hybridized carbons (Fsp3) is 0.600. The van der Waals surface area contributed by atoms with Crippen molar-refractivity contribution in [2.24, 2.45) is 5.92 Å². The summed E-state index contributed by atoms with van der Waals surface area (Å²) in [4.78, 5) is 2.34. The van der Waals surface area contributed by atoms with Crippen molar-refractivity contribution >= 4 is 10.0 Å². The van der Waals surface area contributed by atoms with Gasteiger partial charge in [0.25, 0.3) is 0 Å². The highest BCUT2D eigenvalue weighted by Gasteiger charge is 2.28. The van der Waals surface area contributed by atoms with Crippen LogP contribution in [0.1, 0.15) is 37.1 Å². The monoisotopic (exact) mass is 437 g/mol. The lowest BCUT2D eigenvalue weighted by Crippen LogP contribution is -2.33. The van der Waals surface area contributed by atoms with E-state index in [1.54, 1.807) is 14.2 Å². The summed E-state index contributed by atoms with van der Waals surface area (Å²) in [5.41, 5.74) is 1.06. The molecule has 0 amide bonds. The highest BCUT2D eigenvalue weighted by molar-refractivity contribution is 7.88. The van der Waals surface area contributed by atoms with E-state index in [1.807, 2.05) is 32.0 Å². The first-order chi connectivity index (χ1) is 14.2. The van der Waals surface area contributed by atoms with E-state index in [0.717, 1.165) is 48.9 Å². The molecule has 1 atom stereocenters. The standard InChI is InChI=1S/C20H31N5O4S/c1-14(2)18(23-30(5,26)27)20-22-21-17-9-10-24(11-12-25(17)20)13-15-7-6-8-16(28-3)19(15)29-4/h6-8,14,18,23H,9-13H2,1-5H3/t18-/m1/s1. The molecule has 3 rings (SSSR count). The lowest BCUT2D eigenvalue weighted by molar-refractivity contribution is 0.262. The molecule has 1 aromatic heterocycles. The van der Waals surface area contributed by atoms with Gasteiger partial charge in [0.1, 0.15) is 5.82 Å². The molecule has 0 bridgehead atoms. The predicted molar refractivity (Wildman–Crippen MR) is 114 cm³/mol. The molecule has 30 heavy (non-hydrogen) atoms. The van der Waals surface area contributed by atoms with Crippen LogP contribution in [-0.2, 0) is 29.5 Å². The number of nitrogens with zero attached hydrogens (tertiary/aromatic N) is 4. The van der Waals surface area contributed by atoms with Crippen LogP contribution in [0.2, 0.25) is 0 Å². The van der Waals surface area contributed by atoms with Crippen LogP contribution >= 0.6 is 0 Å². The third-order valence-corrected chi connectivity index (χ3v) is 5.99. The minimum atomic E-state index is -3.36. The lowest BCUT2D eigenvalue weighted by Gasteiger charge is -2.23. The van der Waals surface area contributed by atoms with Crippen molar-refractivity contribution in [1.82, 2.24) is 24.4 Å². The molecule has 0 fully saturated rings. The Morgan fingerprint density at radius 2 is 1.90 bits per heavy atom. The third-order valence-electron chi connectivity index (χ3n) is 5.31. The predicted octanol–water partition coefficient (Wildman–Crippen LogP) is 1.60. The van der Waals surface area contributed by atoms with Gasteiger partial charge in [0, 0.05) is 38.2 Å². The van der Waals surface area contributed by atoms with Gasteiger partial charge in [0.05, 0.1) is 26.5 Å². The van der Waals surface area contributed by atoms with Gasteiger partial charge in [0.2, 0.25) is 10.0 Å². The second kappa shape index (κ2) is 9.32. The number of hydrogen-bond donors (Lipinski definition) is 1. The van der Waals surface area contributed by atoms with Crippen molar-refractivity contribution in [3.63, 3.8) is 0 Å². The number of rotatable bonds is 8. The number of aromatic nitrogens is 3. The Morgan fingerprint density at radius 1 is 1.13 bits per heavy atom. The molecule has 0 radical (unpaired) electrons. The smallest absolute Gasteiger partial charge is 0.209 e. The van der Waals surface area contributed by atoms with Crippen molar-refractivity contribution in [3.8, 4) is 11.5 Å². The SMILES string of the molecule is COc1cccc(CN2CCc3nnc([C@H](NS(C)(=O)=O)C(C)C)n3CC2)c1OC. The van der Waals surface area contributed by atoms with Crippen LogP contribution in [-0.4, -0.2) is 61.6 Å². The van der Waals surface area contributed by atoms with Crippen LogP contribution < -0.4 is 14.2 Å². The maximum absolute atomic E-state index is 11.8. The highest BCUT2D eigenvalue weighted by Crippen LogP contribution is 2.32. The topological polar surface area (TPSA) is 98.6 Å². The molecule has 2 heterocycles. The maximum Gasteiger partial charge on any atom is 0.209 e. The Balaban J connectivity index is 1.79. The number of methoxy groups -OCH3 is 2. The summed E-state index contributed by atoms with van der Waals surface area (Å²) >= 11 is 0. The zero-order valence-electron chi connectivity index (χ0n) is 18.3. The molecule has 9 nitrogen and oxygen atoms in total. The number of sulfonamides is 1. The first kappa shape index (κ1) is 22.5. The van der Waals surface area contributed by atoms with E-state index in [9.17, 15) is 8.42 Å². The zero-order chi connectivity index (χ0) is 21.9. The maximum atomic E-state index is 11.8. The van der Waals surface area contributed by atoms with Crippen LogP contribution in [0.5, 0.6) is 11.5 Å². The molecule has 0 spiro atoms. The van der Waals surface area contributed by atoms with E-state index in [2.05, 4.69) is 24.4 Å². The number of ether oxygens (including phenoxy) is 2. The van der Waals surface area contributed by atoms with E-state index in [1.165, 1.54) is 6.26 Å². The summed E-state index contributed by atoms with van der Waals surface area (Å²) in [6.45, 7) is 6.99. The van der Waals surface area contributed by atoms with Crippen molar-refractivity contribution in [3.05, 3.63) is 35.4 Å². The minimum absolute atomic E-state index is 0.0495. The lowest BCUT2D eigenvalue weighted by atomic mass is 10.1. The normalized spacial score (nSPS) is 16.2. The molecule has 2 aromatic rings. The fourth-order valence-corrected chi connectivity index (χ4v) is 4.65. The molecule has 166 valence electrons. The van der Waals surface area contributed by atoms with E-state index in [4.69, 9.17) is 9.47 Å². The largest absolute Gasteiger partial charge is 0.493 e. The van der Waals surface area contributed by atoms with Gasteiger partial charge in [-0.2, -0.15) is 0 Å². The summed E-state index contributed by atoms with van der Waals surface area (Å²) in [5.74, 6) is 3.07. The van der Waals surface area contributed by atoms with E-state index >= 15 is 0 Å². The molecule has 1 aromatic carbocycles. The summed E-state index contributed by atoms with van der Waals surface area (Å²) in [6.07, 6.45) is 1.91. The molecular weight excluding hydrogens is 406 g/mol. The van der Waals surface area contributed by atoms with Crippen LogP contribution in [0.15, 0.2) is 18.2 Å². The second-order valence-corrected chi connectivity index (χ2v) is 9.70. The Bertz CT molecular complexity index is 974. The van der Waals surface area contributed by atoms with Crippen LogP contribution in [0.25, 0.3) is 0 Å². The molecule has 1 aliphatic heterocycles. The number of benzene rings is 1. The molecule has 10 heteroatoms. The third kappa shape index (κ3) is 5.11. The number of fused-ring (bicyclic) bond motifs is 1. The van der Waals surface area contributed by atoms with Gasteiger partial charge < -0.3 is 14.0 Å². The van der Waals surface area contributed by atoms with Gasteiger partial charge in [0.15, 0.2) is 17.3 Å². The molecule has 1 aliphatic rings. The van der Waals surface area contributed by atoms with Crippen molar-refractivity contribution in [2.75, 3.05) is 33.6 Å². The Kier molecular flexibility index (Phi) is 6.99. The Labute approximate surface area is 178 Å². The van der Waals surface area contributed by atoms with E-state index in [0.29, 0.717) is 12.4 Å². The molecule has 0 saturated carbocycles. The fourth-order valence-electron chi connectivity index (χ4n) is 3.81. The summed E-state index contributed by atoms with van der Waals surface area (Å²) < 4.78 is 39.4. The minimum Gasteiger partial charge on any atom is -0.493 e. The van der Waals surface area contributed by atoms with Gasteiger partial charge in [-0.3, -0.25) is 4.90 Å². The highest BCUT2D eigenvalue weighted by atomic mass is 32.2.